The van der Waals surface area contributed by atoms with E-state index in [0.717, 1.165) is 51.4 Å². The third kappa shape index (κ3) is 63.1. The summed E-state index contributed by atoms with van der Waals surface area (Å²) in [5, 5.41) is 23.4. The topological polar surface area (TPSA) is 95.9 Å². The zero-order valence-electron chi connectivity index (χ0n) is 52.0. The van der Waals surface area contributed by atoms with Crippen molar-refractivity contribution in [3.63, 3.8) is 0 Å². The van der Waals surface area contributed by atoms with Gasteiger partial charge in [-0.1, -0.05) is 320 Å². The van der Waals surface area contributed by atoms with Crippen LogP contribution in [0.3, 0.4) is 0 Å². The number of esters is 1. The summed E-state index contributed by atoms with van der Waals surface area (Å²) in [4.78, 5) is 24.6. The molecule has 3 N–H and O–H groups in total. The van der Waals surface area contributed by atoms with Gasteiger partial charge in [-0.05, 0) is 83.5 Å². The molecule has 0 rings (SSSR count). The third-order valence-corrected chi connectivity index (χ3v) is 16.2. The van der Waals surface area contributed by atoms with Crippen LogP contribution >= 0.6 is 0 Å². The number of rotatable bonds is 65. The van der Waals surface area contributed by atoms with Crippen LogP contribution in [-0.4, -0.2) is 47.4 Å². The number of amides is 1. The molecule has 0 fully saturated rings. The van der Waals surface area contributed by atoms with Crippen LogP contribution in [0.15, 0.2) is 36.5 Å². The van der Waals surface area contributed by atoms with E-state index in [9.17, 15) is 19.8 Å². The fourth-order valence-electron chi connectivity index (χ4n) is 10.8. The van der Waals surface area contributed by atoms with Crippen LogP contribution in [0.5, 0.6) is 0 Å². The second-order valence-electron chi connectivity index (χ2n) is 23.9. The maximum absolute atomic E-state index is 12.5. The van der Waals surface area contributed by atoms with Crippen molar-refractivity contribution in [2.45, 2.75) is 392 Å². The van der Waals surface area contributed by atoms with Gasteiger partial charge >= 0.3 is 5.97 Å². The van der Waals surface area contributed by atoms with Crippen LogP contribution in [0.1, 0.15) is 380 Å². The third-order valence-electron chi connectivity index (χ3n) is 16.2. The minimum Gasteiger partial charge on any atom is -0.466 e. The molecule has 0 bridgehead atoms. The molecule has 6 heteroatoms. The number of aliphatic hydroxyl groups excluding tert-OH is 2. The summed E-state index contributed by atoms with van der Waals surface area (Å²) >= 11 is 0. The number of hydrogen-bond donors (Lipinski definition) is 3. The Kier molecular flexibility index (Phi) is 64.9. The number of ether oxygens (including phenoxy) is 1. The minimum atomic E-state index is -0.671. The van der Waals surface area contributed by atoms with Crippen molar-refractivity contribution in [1.82, 2.24) is 5.32 Å². The summed E-state index contributed by atoms with van der Waals surface area (Å²) in [6.45, 7) is 4.95. The Morgan fingerprint density at radius 3 is 1.01 bits per heavy atom. The highest BCUT2D eigenvalue weighted by Crippen LogP contribution is 2.18. The number of aliphatic hydroxyl groups is 2. The fraction of sp³-hybridized carbons (Fsp3) is 0.887. The summed E-state index contributed by atoms with van der Waals surface area (Å²) in [5.74, 6) is -0.0414. The SMILES string of the molecule is CCCCCC/C=C\C/C=C\CCCCCCCC(=O)OCCCCCCCCCCCCC/C=C\CCCCCCCCCC(=O)NC(CO)C(O)CCCCCCCCCCCCCCCCCCCCCCCC. The van der Waals surface area contributed by atoms with Crippen molar-refractivity contribution < 1.29 is 24.5 Å². The standard InChI is InChI=1S/C71H135NO5/c1-3-5-7-9-11-13-15-17-19-21-22-23-26-29-32-35-39-43-47-51-55-59-63-69(74)68(67-73)72-70(75)64-60-56-52-48-44-40-36-33-30-27-24-25-28-31-34-38-42-46-50-54-58-62-66-77-71(76)65-61-57-53-49-45-41-37-20-18-16-14-12-10-8-6-4-2/h14,16,20,27,30,37,68-69,73-74H,3-13,15,17-19,21-26,28-29,31-36,38-67H2,1-2H3,(H,72,75)/b16-14-,30-27-,37-20-. The van der Waals surface area contributed by atoms with E-state index in [2.05, 4.69) is 55.6 Å². The lowest BCUT2D eigenvalue weighted by Gasteiger charge is -2.22. The smallest absolute Gasteiger partial charge is 0.305 e. The monoisotopic (exact) mass is 1080 g/mol. The number of hydrogen-bond acceptors (Lipinski definition) is 5. The van der Waals surface area contributed by atoms with Crippen molar-refractivity contribution in [2.24, 2.45) is 0 Å². The summed E-state index contributed by atoms with van der Waals surface area (Å²) in [7, 11) is 0. The van der Waals surface area contributed by atoms with E-state index in [1.807, 2.05) is 0 Å². The second kappa shape index (κ2) is 66.6. The zero-order valence-corrected chi connectivity index (χ0v) is 52.0. The Labute approximate surface area is 481 Å². The normalized spacial score (nSPS) is 12.7. The predicted molar refractivity (Wildman–Crippen MR) is 338 cm³/mol. The van der Waals surface area contributed by atoms with E-state index in [0.29, 0.717) is 25.9 Å². The number of unbranched alkanes of at least 4 members (excludes halogenated alkanes) is 48. The Balaban J connectivity index is 3.42. The number of nitrogens with one attached hydrogen (secondary N) is 1. The first kappa shape index (κ1) is 75.1. The summed E-state index contributed by atoms with van der Waals surface area (Å²) < 4.78 is 5.48. The van der Waals surface area contributed by atoms with Gasteiger partial charge in [-0.15, -0.1) is 0 Å². The molecule has 454 valence electrons. The Hall–Kier alpha value is -1.92. The van der Waals surface area contributed by atoms with E-state index in [4.69, 9.17) is 4.74 Å². The van der Waals surface area contributed by atoms with Gasteiger partial charge < -0.3 is 20.3 Å². The molecule has 77 heavy (non-hydrogen) atoms. The van der Waals surface area contributed by atoms with Gasteiger partial charge in [-0.2, -0.15) is 0 Å². The molecular weight excluding hydrogens is 947 g/mol. The molecule has 0 aliphatic rings. The van der Waals surface area contributed by atoms with Gasteiger partial charge in [0.25, 0.3) is 0 Å². The molecule has 0 heterocycles. The van der Waals surface area contributed by atoms with E-state index in [1.54, 1.807) is 0 Å². The molecule has 0 saturated heterocycles. The van der Waals surface area contributed by atoms with Gasteiger partial charge in [0.15, 0.2) is 0 Å². The first-order valence-corrected chi connectivity index (χ1v) is 34.7. The van der Waals surface area contributed by atoms with Crippen LogP contribution in [-0.2, 0) is 14.3 Å². The van der Waals surface area contributed by atoms with Crippen molar-refractivity contribution in [2.75, 3.05) is 13.2 Å². The largest absolute Gasteiger partial charge is 0.466 e. The van der Waals surface area contributed by atoms with Crippen molar-refractivity contribution in [3.05, 3.63) is 36.5 Å². The molecule has 0 aromatic rings. The molecule has 0 aliphatic carbocycles. The first-order valence-electron chi connectivity index (χ1n) is 34.7. The molecule has 0 aliphatic heterocycles. The Morgan fingerprint density at radius 1 is 0.364 bits per heavy atom. The van der Waals surface area contributed by atoms with Crippen LogP contribution < -0.4 is 5.32 Å². The quantitative estimate of drug-likeness (QED) is 0.0320. The molecule has 2 atom stereocenters. The molecule has 6 nitrogen and oxygen atoms in total. The number of carbonyl (C=O) groups excluding carboxylic acids is 2. The van der Waals surface area contributed by atoms with Crippen LogP contribution in [0.4, 0.5) is 0 Å². The van der Waals surface area contributed by atoms with E-state index < -0.39 is 12.1 Å². The summed E-state index contributed by atoms with van der Waals surface area (Å²) in [5.41, 5.74) is 0. The Morgan fingerprint density at radius 2 is 0.649 bits per heavy atom. The van der Waals surface area contributed by atoms with E-state index in [1.165, 1.54) is 295 Å². The van der Waals surface area contributed by atoms with Gasteiger partial charge in [-0.25, -0.2) is 0 Å². The van der Waals surface area contributed by atoms with Gasteiger partial charge in [-0.3, -0.25) is 9.59 Å². The van der Waals surface area contributed by atoms with Crippen LogP contribution in [0, 0.1) is 0 Å². The highest BCUT2D eigenvalue weighted by Gasteiger charge is 2.20. The molecule has 0 spiro atoms. The molecule has 0 saturated carbocycles. The molecule has 2 unspecified atom stereocenters. The zero-order chi connectivity index (χ0) is 55.7. The lowest BCUT2D eigenvalue weighted by atomic mass is 10.0. The number of carbonyl (C=O) groups is 2. The maximum atomic E-state index is 12.5. The van der Waals surface area contributed by atoms with Crippen LogP contribution in [0.25, 0.3) is 0 Å². The maximum Gasteiger partial charge on any atom is 0.305 e. The molecule has 0 aromatic heterocycles. The highest BCUT2D eigenvalue weighted by atomic mass is 16.5. The molecule has 0 aromatic carbocycles. The average Bonchev–Trinajstić information content (AvgIpc) is 3.43. The molecular formula is C71H135NO5. The predicted octanol–water partition coefficient (Wildman–Crippen LogP) is 22.3. The average molecular weight is 1080 g/mol. The van der Waals surface area contributed by atoms with Crippen molar-refractivity contribution in [1.29, 1.82) is 0 Å². The molecule has 1 amide bonds. The fourth-order valence-corrected chi connectivity index (χ4v) is 10.8. The van der Waals surface area contributed by atoms with Gasteiger partial charge in [0.2, 0.25) is 5.91 Å². The lowest BCUT2D eigenvalue weighted by molar-refractivity contribution is -0.143. The highest BCUT2D eigenvalue weighted by molar-refractivity contribution is 5.76. The molecule has 0 radical (unpaired) electrons. The summed E-state index contributed by atoms with van der Waals surface area (Å²) in [6, 6.07) is -0.548. The first-order chi connectivity index (χ1) is 38.0. The summed E-state index contributed by atoms with van der Waals surface area (Å²) in [6.07, 6.45) is 84.6. The van der Waals surface area contributed by atoms with Gasteiger partial charge in [0, 0.05) is 12.8 Å². The van der Waals surface area contributed by atoms with Crippen molar-refractivity contribution in [3.8, 4) is 0 Å². The van der Waals surface area contributed by atoms with Crippen LogP contribution in [0.2, 0.25) is 0 Å². The van der Waals surface area contributed by atoms with E-state index in [-0.39, 0.29) is 18.5 Å². The number of allylic oxidation sites excluding steroid dienone is 6. The van der Waals surface area contributed by atoms with Crippen molar-refractivity contribution >= 4 is 11.9 Å². The van der Waals surface area contributed by atoms with Gasteiger partial charge in [0.05, 0.1) is 25.4 Å². The van der Waals surface area contributed by atoms with Gasteiger partial charge in [0.1, 0.15) is 0 Å². The second-order valence-corrected chi connectivity index (χ2v) is 23.9. The lowest BCUT2D eigenvalue weighted by Crippen LogP contribution is -2.45. The Bertz CT molecular complexity index is 1250. The van der Waals surface area contributed by atoms with E-state index >= 15 is 0 Å². The minimum absolute atomic E-state index is 0.00289.